The second-order valence-electron chi connectivity index (χ2n) is 27.2. The highest BCUT2D eigenvalue weighted by Crippen LogP contribution is 2.43. The van der Waals surface area contributed by atoms with Crippen molar-refractivity contribution >= 4 is 19.7 Å². The largest absolute Gasteiger partial charge is 0.472 e. The van der Waals surface area contributed by atoms with Gasteiger partial charge in [0, 0.05) is 12.8 Å². The molecule has 520 valence electrons. The highest BCUT2D eigenvalue weighted by atomic mass is 31.2. The zero-order valence-electron chi connectivity index (χ0n) is 59.7. The van der Waals surface area contributed by atoms with Gasteiger partial charge < -0.3 is 19.4 Å². The molecular weight excluding hydrogens is 1120 g/mol. The summed E-state index contributed by atoms with van der Waals surface area (Å²) in [7, 11) is 1.50. The van der Waals surface area contributed by atoms with Crippen LogP contribution in [0.25, 0.3) is 0 Å². The highest BCUT2D eigenvalue weighted by Gasteiger charge is 2.30. The minimum absolute atomic E-state index is 0.0387. The Morgan fingerprint density at radius 2 is 0.719 bits per heavy atom. The Labute approximate surface area is 553 Å². The lowest BCUT2D eigenvalue weighted by Gasteiger charge is -2.27. The van der Waals surface area contributed by atoms with Gasteiger partial charge in [0.15, 0.2) is 0 Å². The zero-order chi connectivity index (χ0) is 64.9. The predicted octanol–water partition coefficient (Wildman–Crippen LogP) is 24.7. The number of amides is 1. The maximum Gasteiger partial charge on any atom is 0.472 e. The number of hydrogen-bond donors (Lipinski definition) is 2. The lowest BCUT2D eigenvalue weighted by Crippen LogP contribution is -2.47. The summed E-state index contributed by atoms with van der Waals surface area (Å²) in [6.45, 7) is 6.95. The second-order valence-corrected chi connectivity index (χ2v) is 28.6. The number of unbranched alkanes of at least 4 members (excludes halogenated alkanes) is 44. The quantitative estimate of drug-likeness (QED) is 0.0205. The summed E-state index contributed by atoms with van der Waals surface area (Å²) in [6.07, 6.45) is 90.7. The van der Waals surface area contributed by atoms with Gasteiger partial charge in [0.2, 0.25) is 5.91 Å². The predicted molar refractivity (Wildman–Crippen MR) is 388 cm³/mol. The smallest absolute Gasteiger partial charge is 0.456 e. The Bertz CT molecular complexity index is 1750. The molecule has 0 fully saturated rings. The molecule has 2 N–H and O–H groups in total. The van der Waals surface area contributed by atoms with E-state index in [9.17, 15) is 19.0 Å². The Hall–Kier alpha value is -2.55. The van der Waals surface area contributed by atoms with Gasteiger partial charge in [0.25, 0.3) is 0 Å². The molecule has 0 saturated carbocycles. The molecule has 0 aromatic rings. The van der Waals surface area contributed by atoms with E-state index in [2.05, 4.69) is 92.9 Å². The number of carbonyl (C=O) groups excluding carboxylic acids is 2. The normalized spacial score (nSPS) is 13.8. The number of phosphoric acid groups is 1. The minimum Gasteiger partial charge on any atom is -0.456 e. The van der Waals surface area contributed by atoms with Crippen molar-refractivity contribution in [2.24, 2.45) is 0 Å². The maximum absolute atomic E-state index is 13.7. The number of rotatable bonds is 70. The molecule has 10 heteroatoms. The van der Waals surface area contributed by atoms with Gasteiger partial charge in [-0.05, 0) is 76.7 Å². The fourth-order valence-corrected chi connectivity index (χ4v) is 12.1. The molecule has 0 rings (SSSR count). The minimum atomic E-state index is -4.46. The monoisotopic (exact) mass is 1270 g/mol. The number of likely N-dealkylation sites (N-methyl/N-ethyl adjacent to an activating group) is 1. The molecule has 0 aliphatic rings. The topological polar surface area (TPSA) is 111 Å². The SMILES string of the molecule is CC/C=C\C/C=C\C/C=C\C/C=C\C/C=C\CCCCCCCCCCCC(=O)NC(COP(=O)(O)OCC[N+](C)(C)C)C(/C=C/CCCCCCCCCCCCC)OC(=O)CCCCCCCCCCCCCCCCCCCCCCCCCCC. The number of nitrogens with one attached hydrogen (secondary N) is 1. The van der Waals surface area contributed by atoms with Crippen molar-refractivity contribution in [1.82, 2.24) is 5.32 Å². The molecule has 0 saturated heterocycles. The first-order chi connectivity index (χ1) is 43.4. The van der Waals surface area contributed by atoms with Crippen LogP contribution in [-0.2, 0) is 27.9 Å². The molecule has 0 heterocycles. The Morgan fingerprint density at radius 1 is 0.404 bits per heavy atom. The first-order valence-corrected chi connectivity index (χ1v) is 39.8. The van der Waals surface area contributed by atoms with Gasteiger partial charge in [0.05, 0.1) is 33.8 Å². The lowest BCUT2D eigenvalue weighted by atomic mass is 10.0. The molecule has 3 unspecified atom stereocenters. The first-order valence-electron chi connectivity index (χ1n) is 38.3. The molecule has 1 amide bonds. The molecule has 89 heavy (non-hydrogen) atoms. The number of esters is 1. The summed E-state index contributed by atoms with van der Waals surface area (Å²) in [5, 5.41) is 3.08. The molecule has 0 spiro atoms. The van der Waals surface area contributed by atoms with Crippen LogP contribution < -0.4 is 5.32 Å². The second kappa shape index (κ2) is 68.3. The van der Waals surface area contributed by atoms with E-state index in [1.807, 2.05) is 27.2 Å². The van der Waals surface area contributed by atoms with E-state index in [0.717, 1.165) is 103 Å². The van der Waals surface area contributed by atoms with E-state index < -0.39 is 20.0 Å². The summed E-state index contributed by atoms with van der Waals surface area (Å²) >= 11 is 0. The van der Waals surface area contributed by atoms with Crippen LogP contribution in [0.1, 0.15) is 367 Å². The Balaban J connectivity index is 5.02. The average Bonchev–Trinajstić information content (AvgIpc) is 3.67. The molecule has 0 bridgehead atoms. The van der Waals surface area contributed by atoms with Crippen molar-refractivity contribution in [3.05, 3.63) is 72.9 Å². The van der Waals surface area contributed by atoms with Crippen molar-refractivity contribution in [1.29, 1.82) is 0 Å². The number of quaternary nitrogens is 1. The standard InChI is InChI=1S/C79H147N2O7P/c1-7-10-13-16-19-22-25-28-30-32-34-36-38-40-42-44-46-48-50-53-56-59-62-65-68-71-78(82)80-76(75-87-89(84,85)86-74-73-81(4,5)6)77(70-67-64-61-58-55-52-27-24-21-18-15-12-9-3)88-79(83)72-69-66-63-60-57-54-51-49-47-45-43-41-39-37-35-33-31-29-26-23-20-17-14-11-8-2/h10,13,19,22,28,30,34,36,40,42,67,70,76-77H,7-9,11-12,14-18,20-21,23-27,29,31-33,35,37-39,41,43-66,68-69,71-75H2,1-6H3,(H-,80,82,84,85)/p+1/b13-10-,22-19-,30-28-,36-34-,42-40-,70-67+. The molecule has 0 radical (unpaired) electrons. The molecule has 0 aliphatic heterocycles. The van der Waals surface area contributed by atoms with Crippen molar-refractivity contribution in [3.8, 4) is 0 Å². The van der Waals surface area contributed by atoms with Gasteiger partial charge in [0.1, 0.15) is 19.3 Å². The third-order valence-electron chi connectivity index (χ3n) is 17.2. The van der Waals surface area contributed by atoms with E-state index in [0.29, 0.717) is 23.9 Å². The fraction of sp³-hybridized carbons (Fsp3) is 0.823. The molecular formula is C79H148N2O7P+. The van der Waals surface area contributed by atoms with Crippen LogP contribution in [0, 0.1) is 0 Å². The number of phosphoric ester groups is 1. The zero-order valence-corrected chi connectivity index (χ0v) is 60.6. The number of nitrogens with zero attached hydrogens (tertiary/aromatic N) is 1. The van der Waals surface area contributed by atoms with Crippen molar-refractivity contribution in [2.75, 3.05) is 40.9 Å². The summed E-state index contributed by atoms with van der Waals surface area (Å²) in [5.41, 5.74) is 0. The summed E-state index contributed by atoms with van der Waals surface area (Å²) < 4.78 is 30.9. The number of ether oxygens (including phenoxy) is 1. The van der Waals surface area contributed by atoms with Gasteiger partial charge in [-0.3, -0.25) is 18.6 Å². The van der Waals surface area contributed by atoms with Crippen LogP contribution in [0.4, 0.5) is 0 Å². The summed E-state index contributed by atoms with van der Waals surface area (Å²) in [5.74, 6) is -0.496. The van der Waals surface area contributed by atoms with Crippen molar-refractivity contribution in [2.45, 2.75) is 380 Å². The third-order valence-corrected chi connectivity index (χ3v) is 18.1. The Kier molecular flexibility index (Phi) is 66.4. The summed E-state index contributed by atoms with van der Waals surface area (Å²) in [4.78, 5) is 38.0. The van der Waals surface area contributed by atoms with Gasteiger partial charge in [-0.2, -0.15) is 0 Å². The van der Waals surface area contributed by atoms with Crippen LogP contribution in [0.2, 0.25) is 0 Å². The molecule has 3 atom stereocenters. The number of hydrogen-bond acceptors (Lipinski definition) is 6. The van der Waals surface area contributed by atoms with Gasteiger partial charge in [-0.1, -0.05) is 351 Å². The first kappa shape index (κ1) is 86.5. The van der Waals surface area contributed by atoms with Crippen LogP contribution in [0.15, 0.2) is 72.9 Å². The number of allylic oxidation sites excluding steroid dienone is 11. The lowest BCUT2D eigenvalue weighted by molar-refractivity contribution is -0.870. The Morgan fingerprint density at radius 3 is 1.08 bits per heavy atom. The maximum atomic E-state index is 13.7. The van der Waals surface area contributed by atoms with Crippen LogP contribution in [-0.4, -0.2) is 74.3 Å². The van der Waals surface area contributed by atoms with Crippen LogP contribution >= 0.6 is 7.82 Å². The van der Waals surface area contributed by atoms with Crippen molar-refractivity contribution < 1.29 is 37.3 Å². The van der Waals surface area contributed by atoms with Crippen LogP contribution in [0.5, 0.6) is 0 Å². The van der Waals surface area contributed by atoms with E-state index in [1.165, 1.54) is 231 Å². The molecule has 0 aromatic heterocycles. The summed E-state index contributed by atoms with van der Waals surface area (Å²) in [6, 6.07) is -0.854. The van der Waals surface area contributed by atoms with E-state index >= 15 is 0 Å². The van der Waals surface area contributed by atoms with E-state index in [4.69, 9.17) is 13.8 Å². The number of carbonyl (C=O) groups is 2. The molecule has 0 aliphatic carbocycles. The highest BCUT2D eigenvalue weighted by molar-refractivity contribution is 7.47. The van der Waals surface area contributed by atoms with Gasteiger partial charge in [-0.25, -0.2) is 4.57 Å². The average molecular weight is 1270 g/mol. The third kappa shape index (κ3) is 69.6. The van der Waals surface area contributed by atoms with Gasteiger partial charge >= 0.3 is 13.8 Å². The van der Waals surface area contributed by atoms with Crippen molar-refractivity contribution in [3.63, 3.8) is 0 Å². The molecule has 9 nitrogen and oxygen atoms in total. The fourth-order valence-electron chi connectivity index (χ4n) is 11.3. The molecule has 0 aromatic carbocycles. The van der Waals surface area contributed by atoms with E-state index in [-0.39, 0.29) is 25.1 Å². The van der Waals surface area contributed by atoms with Crippen LogP contribution in [0.3, 0.4) is 0 Å². The van der Waals surface area contributed by atoms with Gasteiger partial charge in [-0.15, -0.1) is 0 Å². The van der Waals surface area contributed by atoms with E-state index in [1.54, 1.807) is 0 Å².